The molecule has 170 valence electrons. The molecule has 0 saturated heterocycles. The zero-order valence-corrected chi connectivity index (χ0v) is 24.7. The molecule has 0 heterocycles. The number of carbonyl (C=O) groups is 2. The maximum atomic E-state index is 10.2. The molecule has 10 heteroatoms. The predicted molar refractivity (Wildman–Crippen MR) is 113 cm³/mol. The molecule has 0 radical (unpaired) electrons. The summed E-state index contributed by atoms with van der Waals surface area (Å²) in [6, 6.07) is 0. The van der Waals surface area contributed by atoms with Gasteiger partial charge in [-0.15, -0.1) is 0 Å². The van der Waals surface area contributed by atoms with Crippen molar-refractivity contribution in [2.24, 2.45) is 11.8 Å². The summed E-state index contributed by atoms with van der Waals surface area (Å²) < 4.78 is 28.7. The first-order valence-electron chi connectivity index (χ1n) is 9.94. The minimum atomic E-state index is -4.84. The van der Waals surface area contributed by atoms with E-state index in [4.69, 9.17) is 14.8 Å². The molecule has 3 N–H and O–H groups in total. The van der Waals surface area contributed by atoms with Gasteiger partial charge in [-0.1, -0.05) is 79.1 Å². The Morgan fingerprint density at radius 1 is 0.833 bits per heavy atom. The van der Waals surface area contributed by atoms with Gasteiger partial charge < -0.3 is 24.1 Å². The molecule has 0 fully saturated rings. The summed E-state index contributed by atoms with van der Waals surface area (Å²) in [5.41, 5.74) is 0. The monoisotopic (exact) mass is 470 g/mol. The van der Waals surface area contributed by atoms with E-state index < -0.39 is 33.7 Å². The molecule has 3 unspecified atom stereocenters. The maximum absolute atomic E-state index is 10.2. The van der Waals surface area contributed by atoms with Crippen molar-refractivity contribution in [2.75, 3.05) is 0 Å². The summed E-state index contributed by atoms with van der Waals surface area (Å²) in [4.78, 5) is 20.0. The van der Waals surface area contributed by atoms with Crippen molar-refractivity contribution in [3.8, 4) is 0 Å². The third-order valence-corrected chi connectivity index (χ3v) is 5.17. The molecule has 0 amide bonds. The number of rotatable bonds is 12. The Hall–Kier alpha value is 0.850. The van der Waals surface area contributed by atoms with E-state index in [-0.39, 0.29) is 59.1 Å². The van der Waals surface area contributed by atoms with Crippen LogP contribution in [-0.2, 0) is 19.7 Å². The molecule has 0 aromatic heterocycles. The van der Waals surface area contributed by atoms with E-state index in [1.54, 1.807) is 0 Å². The Labute approximate surface area is 228 Å². The summed E-state index contributed by atoms with van der Waals surface area (Å²) in [6.07, 6.45) is 9.26. The number of hydrogen-bond donors (Lipinski definition) is 3. The Balaban J connectivity index is -0.000000104. The molecule has 7 nitrogen and oxygen atoms in total. The van der Waals surface area contributed by atoms with E-state index in [0.29, 0.717) is 11.8 Å². The normalized spacial score (nSPS) is 12.9. The van der Waals surface area contributed by atoms with Crippen LogP contribution in [0.2, 0.25) is 0 Å². The van der Waals surface area contributed by atoms with Gasteiger partial charge in [-0.3, -0.25) is 14.1 Å². The van der Waals surface area contributed by atoms with Crippen LogP contribution in [0, 0.1) is 25.7 Å². The smallest absolute Gasteiger partial charge is 0.481 e. The Morgan fingerprint density at radius 2 is 1.17 bits per heavy atom. The summed E-state index contributed by atoms with van der Waals surface area (Å²) in [7, 11) is -4.84. The fraction of sp³-hybridized carbons (Fsp3) is 0.800. The van der Waals surface area contributed by atoms with Crippen LogP contribution in [0.1, 0.15) is 85.5 Å². The fourth-order valence-corrected chi connectivity index (χ4v) is 2.48. The van der Waals surface area contributed by atoms with Gasteiger partial charge in [0.15, 0.2) is 5.25 Å². The zero-order valence-electron chi connectivity index (χ0n) is 19.9. The number of hydrogen-bond acceptors (Lipinski definition) is 4. The minimum Gasteiger partial charge on any atom is -0.481 e. The third kappa shape index (κ3) is 31.0. The van der Waals surface area contributed by atoms with Crippen LogP contribution in [0.15, 0.2) is 0 Å². The van der Waals surface area contributed by atoms with E-state index in [1.165, 1.54) is 51.4 Å². The Bertz CT molecular complexity index is 485. The van der Waals surface area contributed by atoms with Gasteiger partial charge in [0.25, 0.3) is 10.1 Å². The van der Waals surface area contributed by atoms with E-state index in [0.717, 1.165) is 0 Å². The first kappa shape index (κ1) is 41.1. The molecule has 3 atom stereocenters. The van der Waals surface area contributed by atoms with Gasteiger partial charge in [-0.2, -0.15) is 20.3 Å². The maximum Gasteiger partial charge on any atom is 1.00 e. The molecule has 30 heavy (non-hydrogen) atoms. The van der Waals surface area contributed by atoms with Gasteiger partial charge >= 0.3 is 71.1 Å². The van der Waals surface area contributed by atoms with Crippen molar-refractivity contribution in [3.05, 3.63) is 13.8 Å². The van der Waals surface area contributed by atoms with Crippen molar-refractivity contribution >= 4 is 22.1 Å². The molecule has 0 aliphatic rings. The van der Waals surface area contributed by atoms with Crippen LogP contribution in [0.25, 0.3) is 0 Å². The molecular formula is C20H40Na2O7S. The van der Waals surface area contributed by atoms with E-state index in [2.05, 4.69) is 41.5 Å². The van der Waals surface area contributed by atoms with Gasteiger partial charge in [0.05, 0.1) is 6.42 Å². The van der Waals surface area contributed by atoms with Crippen LogP contribution < -0.4 is 59.1 Å². The molecule has 0 aromatic rings. The molecule has 0 spiro atoms. The topological polar surface area (TPSA) is 129 Å². The quantitative estimate of drug-likeness (QED) is 0.187. The Morgan fingerprint density at radius 3 is 1.30 bits per heavy atom. The number of carboxylic acids is 2. The van der Waals surface area contributed by atoms with Gasteiger partial charge in [0, 0.05) is 0 Å². The molecule has 0 aliphatic carbocycles. The second-order valence-corrected chi connectivity index (χ2v) is 8.37. The Kier molecular flexibility index (Phi) is 35.8. The molecular weight excluding hydrogens is 430 g/mol. The van der Waals surface area contributed by atoms with Crippen molar-refractivity contribution in [1.82, 2.24) is 0 Å². The molecule has 0 rings (SSSR count). The van der Waals surface area contributed by atoms with Crippen LogP contribution >= 0.6 is 0 Å². The number of aliphatic carboxylic acids is 2. The molecule has 0 aliphatic heterocycles. The van der Waals surface area contributed by atoms with E-state index >= 15 is 0 Å². The van der Waals surface area contributed by atoms with Crippen molar-refractivity contribution in [2.45, 2.75) is 90.7 Å². The van der Waals surface area contributed by atoms with Crippen LogP contribution in [0.5, 0.6) is 0 Å². The summed E-state index contributed by atoms with van der Waals surface area (Å²) in [5.74, 6) is -2.09. The number of unbranched alkanes of at least 4 members (excludes halogenated alkanes) is 2. The summed E-state index contributed by atoms with van der Waals surface area (Å²) in [5, 5.41) is 13.9. The van der Waals surface area contributed by atoms with E-state index in [9.17, 15) is 18.0 Å². The molecule has 0 bridgehead atoms. The second-order valence-electron chi connectivity index (χ2n) is 6.77. The van der Waals surface area contributed by atoms with Crippen LogP contribution in [-0.4, -0.2) is 40.4 Å². The minimum absolute atomic E-state index is 0. The largest absolute Gasteiger partial charge is 1.00 e. The van der Waals surface area contributed by atoms with Gasteiger partial charge in [-0.05, 0) is 0 Å². The second kappa shape index (κ2) is 26.1. The predicted octanol–water partition coefficient (Wildman–Crippen LogP) is -1.12. The van der Waals surface area contributed by atoms with Crippen molar-refractivity contribution in [3.63, 3.8) is 0 Å². The van der Waals surface area contributed by atoms with E-state index in [1.807, 2.05) is 0 Å². The first-order chi connectivity index (χ1) is 12.9. The van der Waals surface area contributed by atoms with Gasteiger partial charge in [0.2, 0.25) is 0 Å². The van der Waals surface area contributed by atoms with Crippen molar-refractivity contribution < 1.29 is 91.9 Å². The molecule has 0 aromatic carbocycles. The standard InChI is InChI=1S/2C8H17.C4H6O7S.2Na/c2*1-4-6-7-8(3)5-2;5-3(6)1-2(4(7)8)12(9,10)11;;/h2*8H,3-7H2,1-2H3;2H,1H2,(H,5,6)(H,7,8)(H,9,10,11);;/q2*-1;;2*+1. The van der Waals surface area contributed by atoms with Crippen LogP contribution in [0.3, 0.4) is 0 Å². The van der Waals surface area contributed by atoms with Crippen LogP contribution in [0.4, 0.5) is 0 Å². The number of carboxylic acid groups (broad SMARTS) is 2. The SMILES string of the molecule is O=C(O)CC(C(=O)O)S(=O)(=O)O.[CH2-]C(CC)CCCC.[CH2-]C(CC)CCCC.[Na+].[Na+]. The fourth-order valence-electron chi connectivity index (χ4n) is 1.87. The summed E-state index contributed by atoms with van der Waals surface area (Å²) >= 11 is 0. The van der Waals surface area contributed by atoms with Crippen molar-refractivity contribution in [1.29, 1.82) is 0 Å². The first-order valence-corrected chi connectivity index (χ1v) is 11.4. The average molecular weight is 471 g/mol. The summed E-state index contributed by atoms with van der Waals surface area (Å²) in [6.45, 7) is 16.8. The van der Waals surface area contributed by atoms with Gasteiger partial charge in [0.1, 0.15) is 0 Å². The third-order valence-electron chi connectivity index (χ3n) is 4.08. The zero-order chi connectivity index (χ0) is 22.8. The average Bonchev–Trinajstić information content (AvgIpc) is 2.61. The van der Waals surface area contributed by atoms with Gasteiger partial charge in [-0.25, -0.2) is 0 Å². The molecule has 0 saturated carbocycles.